The maximum Gasteiger partial charge on any atom is 0.410 e. The molecule has 9 heteroatoms. The summed E-state index contributed by atoms with van der Waals surface area (Å²) in [4.78, 5) is 33.8. The van der Waals surface area contributed by atoms with Crippen LogP contribution in [0.1, 0.15) is 12.0 Å². The fraction of sp³-hybridized carbons (Fsp3) is 0.385. The Balaban J connectivity index is 1.94. The molecule has 1 aromatic rings. The lowest BCUT2D eigenvalue weighted by Crippen LogP contribution is -2.40. The summed E-state index contributed by atoms with van der Waals surface area (Å²) in [6.07, 6.45) is -1.78. The molecule has 1 amide bonds. The normalized spacial score (nSPS) is 20.7. The molecule has 0 radical (unpaired) electrons. The molecule has 2 N–H and O–H groups in total. The molecule has 0 saturated carbocycles. The van der Waals surface area contributed by atoms with E-state index in [1.54, 1.807) is 0 Å². The van der Waals surface area contributed by atoms with Gasteiger partial charge in [-0.1, -0.05) is 0 Å². The van der Waals surface area contributed by atoms with E-state index in [0.29, 0.717) is 5.56 Å². The summed E-state index contributed by atoms with van der Waals surface area (Å²) in [7, 11) is 0. The van der Waals surface area contributed by atoms with Crippen LogP contribution < -0.4 is 0 Å². The minimum Gasteiger partial charge on any atom is -0.480 e. The van der Waals surface area contributed by atoms with Crippen LogP contribution in [0.5, 0.6) is 0 Å². The van der Waals surface area contributed by atoms with Gasteiger partial charge in [0, 0.05) is 18.6 Å². The molecule has 1 fully saturated rings. The van der Waals surface area contributed by atoms with E-state index in [1.165, 1.54) is 24.3 Å². The van der Waals surface area contributed by atoms with E-state index in [9.17, 15) is 24.8 Å². The standard InChI is InChI=1S/C13H14N2O7/c16-10-5-11(12(17)18)14(6-10)13(19)22-7-8-1-3-9(4-2-8)15(20)21/h1-4,10-11,16H,5-7H2,(H,17,18)/t10-,11-/m0/s1. The number of non-ortho nitro benzene ring substituents is 1. The highest BCUT2D eigenvalue weighted by Crippen LogP contribution is 2.20. The Morgan fingerprint density at radius 2 is 2.00 bits per heavy atom. The summed E-state index contributed by atoms with van der Waals surface area (Å²) in [5.74, 6) is -1.20. The van der Waals surface area contributed by atoms with Crippen LogP contribution in [-0.4, -0.2) is 50.8 Å². The highest BCUT2D eigenvalue weighted by molar-refractivity contribution is 5.80. The zero-order valence-corrected chi connectivity index (χ0v) is 11.4. The van der Waals surface area contributed by atoms with Gasteiger partial charge in [-0.15, -0.1) is 0 Å². The molecule has 22 heavy (non-hydrogen) atoms. The number of hydrogen-bond acceptors (Lipinski definition) is 6. The molecule has 1 heterocycles. The summed E-state index contributed by atoms with van der Waals surface area (Å²) in [5.41, 5.74) is 0.453. The lowest BCUT2D eigenvalue weighted by atomic mass is 10.2. The van der Waals surface area contributed by atoms with Crippen molar-refractivity contribution in [2.24, 2.45) is 0 Å². The molecular weight excluding hydrogens is 296 g/mol. The number of aliphatic carboxylic acids is 1. The van der Waals surface area contributed by atoms with Crippen molar-refractivity contribution in [3.63, 3.8) is 0 Å². The molecule has 2 atom stereocenters. The number of nitro benzene ring substituents is 1. The van der Waals surface area contributed by atoms with Crippen molar-refractivity contribution >= 4 is 17.7 Å². The number of carbonyl (C=O) groups is 2. The number of amides is 1. The van der Waals surface area contributed by atoms with E-state index in [4.69, 9.17) is 9.84 Å². The lowest BCUT2D eigenvalue weighted by molar-refractivity contribution is -0.384. The van der Waals surface area contributed by atoms with Gasteiger partial charge in [-0.25, -0.2) is 9.59 Å². The van der Waals surface area contributed by atoms with Crippen molar-refractivity contribution in [3.05, 3.63) is 39.9 Å². The highest BCUT2D eigenvalue weighted by Gasteiger charge is 2.39. The van der Waals surface area contributed by atoms with Crippen molar-refractivity contribution in [3.8, 4) is 0 Å². The van der Waals surface area contributed by atoms with Gasteiger partial charge in [-0.2, -0.15) is 0 Å². The smallest absolute Gasteiger partial charge is 0.410 e. The first kappa shape index (κ1) is 15.7. The molecule has 1 aliphatic rings. The van der Waals surface area contributed by atoms with Crippen molar-refractivity contribution in [2.75, 3.05) is 6.54 Å². The SMILES string of the molecule is O=C(O)[C@@H]1C[C@H](O)CN1C(=O)OCc1ccc([N+](=O)[O-])cc1. The number of likely N-dealkylation sites (tertiary alicyclic amines) is 1. The Labute approximate surface area is 124 Å². The predicted octanol–water partition coefficient (Wildman–Crippen LogP) is 0.751. The number of hydrogen-bond donors (Lipinski definition) is 2. The summed E-state index contributed by atoms with van der Waals surface area (Å²) in [6, 6.07) is 4.34. The van der Waals surface area contributed by atoms with Crippen LogP contribution in [0, 0.1) is 10.1 Å². The van der Waals surface area contributed by atoms with Gasteiger partial charge in [0.05, 0.1) is 17.6 Å². The first-order valence-corrected chi connectivity index (χ1v) is 6.46. The summed E-state index contributed by atoms with van der Waals surface area (Å²) >= 11 is 0. The van der Waals surface area contributed by atoms with Gasteiger partial charge in [-0.05, 0) is 17.7 Å². The van der Waals surface area contributed by atoms with E-state index in [-0.39, 0.29) is 25.3 Å². The Bertz CT molecular complexity index is 587. The summed E-state index contributed by atoms with van der Waals surface area (Å²) in [5, 5.41) is 29.0. The second-order valence-electron chi connectivity index (χ2n) is 4.87. The number of nitro groups is 1. The number of aliphatic hydroxyl groups excluding tert-OH is 1. The Morgan fingerprint density at radius 3 is 2.55 bits per heavy atom. The maximum atomic E-state index is 11.9. The number of carboxylic acids is 1. The number of rotatable bonds is 4. The molecular formula is C13H14N2O7. The van der Waals surface area contributed by atoms with Crippen molar-refractivity contribution in [2.45, 2.75) is 25.2 Å². The van der Waals surface area contributed by atoms with Gasteiger partial charge >= 0.3 is 12.1 Å². The minimum atomic E-state index is -1.20. The number of nitrogens with zero attached hydrogens (tertiary/aromatic N) is 2. The van der Waals surface area contributed by atoms with E-state index in [0.717, 1.165) is 4.90 Å². The van der Waals surface area contributed by atoms with Gasteiger partial charge in [0.25, 0.3) is 5.69 Å². The van der Waals surface area contributed by atoms with Gasteiger partial charge in [0.2, 0.25) is 0 Å². The lowest BCUT2D eigenvalue weighted by Gasteiger charge is -2.20. The Hall–Kier alpha value is -2.68. The first-order valence-electron chi connectivity index (χ1n) is 6.46. The largest absolute Gasteiger partial charge is 0.480 e. The van der Waals surface area contributed by atoms with Crippen LogP contribution >= 0.6 is 0 Å². The van der Waals surface area contributed by atoms with Crippen LogP contribution in [0.2, 0.25) is 0 Å². The molecule has 2 rings (SSSR count). The second kappa shape index (κ2) is 6.39. The van der Waals surface area contributed by atoms with E-state index < -0.39 is 29.1 Å². The third-order valence-corrected chi connectivity index (χ3v) is 3.31. The number of carbonyl (C=O) groups excluding carboxylic acids is 1. The average Bonchev–Trinajstić information content (AvgIpc) is 2.87. The van der Waals surface area contributed by atoms with E-state index >= 15 is 0 Å². The fourth-order valence-electron chi connectivity index (χ4n) is 2.19. The third-order valence-electron chi connectivity index (χ3n) is 3.31. The quantitative estimate of drug-likeness (QED) is 0.619. The number of carboxylic acid groups (broad SMARTS) is 1. The molecule has 0 unspecified atom stereocenters. The molecule has 0 spiro atoms. The van der Waals surface area contributed by atoms with Gasteiger partial charge in [0.1, 0.15) is 12.6 Å². The molecule has 1 aliphatic heterocycles. The van der Waals surface area contributed by atoms with Gasteiger partial charge < -0.3 is 14.9 Å². The number of β-amino-alcohol motifs (C(OH)–C–C–N with tert-alkyl or cyclic N) is 1. The topological polar surface area (TPSA) is 130 Å². The molecule has 0 bridgehead atoms. The van der Waals surface area contributed by atoms with Crippen LogP contribution in [0.3, 0.4) is 0 Å². The predicted molar refractivity (Wildman–Crippen MR) is 72.0 cm³/mol. The highest BCUT2D eigenvalue weighted by atomic mass is 16.6. The number of benzene rings is 1. The zero-order valence-electron chi connectivity index (χ0n) is 11.4. The summed E-state index contributed by atoms with van der Waals surface area (Å²) < 4.78 is 4.98. The van der Waals surface area contributed by atoms with Crippen molar-refractivity contribution in [1.29, 1.82) is 0 Å². The Morgan fingerprint density at radius 1 is 1.36 bits per heavy atom. The molecule has 0 aromatic heterocycles. The van der Waals surface area contributed by atoms with Gasteiger partial charge in [-0.3, -0.25) is 15.0 Å². The van der Waals surface area contributed by atoms with Crippen molar-refractivity contribution < 1.29 is 29.5 Å². The first-order chi connectivity index (χ1) is 10.4. The molecule has 1 aromatic carbocycles. The molecule has 118 valence electrons. The Kier molecular flexibility index (Phi) is 4.56. The minimum absolute atomic E-state index is 0.0397. The molecule has 1 saturated heterocycles. The van der Waals surface area contributed by atoms with E-state index in [2.05, 4.69) is 0 Å². The van der Waals surface area contributed by atoms with E-state index in [1.807, 2.05) is 0 Å². The maximum absolute atomic E-state index is 11.9. The fourth-order valence-corrected chi connectivity index (χ4v) is 2.19. The molecule has 0 aliphatic carbocycles. The van der Waals surface area contributed by atoms with Crippen LogP contribution in [0.25, 0.3) is 0 Å². The number of aliphatic hydroxyl groups is 1. The summed E-state index contributed by atoms with van der Waals surface area (Å²) in [6.45, 7) is -0.244. The monoisotopic (exact) mass is 310 g/mol. The van der Waals surface area contributed by atoms with Crippen LogP contribution in [0.15, 0.2) is 24.3 Å². The van der Waals surface area contributed by atoms with Gasteiger partial charge in [0.15, 0.2) is 0 Å². The van der Waals surface area contributed by atoms with Crippen LogP contribution in [-0.2, 0) is 16.1 Å². The molecule has 9 nitrogen and oxygen atoms in total. The average molecular weight is 310 g/mol. The second-order valence-corrected chi connectivity index (χ2v) is 4.87. The zero-order chi connectivity index (χ0) is 16.3. The number of ether oxygens (including phenoxy) is 1. The van der Waals surface area contributed by atoms with Crippen LogP contribution in [0.4, 0.5) is 10.5 Å². The van der Waals surface area contributed by atoms with Crippen molar-refractivity contribution in [1.82, 2.24) is 4.90 Å². The third kappa shape index (κ3) is 3.50.